The summed E-state index contributed by atoms with van der Waals surface area (Å²) in [6.07, 6.45) is 3.79. The Morgan fingerprint density at radius 1 is 1.03 bits per heavy atom. The van der Waals surface area contributed by atoms with Gasteiger partial charge in [0.05, 0.1) is 24.3 Å². The minimum Gasteiger partial charge on any atom is -0.486 e. The maximum absolute atomic E-state index is 10.3. The van der Waals surface area contributed by atoms with E-state index in [1.807, 2.05) is 24.3 Å². The molecule has 180 valence electrons. The van der Waals surface area contributed by atoms with E-state index < -0.39 is 6.41 Å². The molecule has 0 aromatic heterocycles. The van der Waals surface area contributed by atoms with Gasteiger partial charge < -0.3 is 19.3 Å². The largest absolute Gasteiger partial charge is 0.486 e. The van der Waals surface area contributed by atoms with E-state index in [4.69, 9.17) is 19.5 Å². The lowest BCUT2D eigenvalue weighted by Gasteiger charge is -2.36. The Bertz CT molecular complexity index is 987. The Hall–Kier alpha value is -2.63. The number of fused-ring (bicyclic) bond motifs is 1. The molecule has 3 aliphatic rings. The number of piperidine rings is 1. The van der Waals surface area contributed by atoms with Crippen LogP contribution in [-0.4, -0.2) is 66.8 Å². The molecule has 3 aliphatic heterocycles. The van der Waals surface area contributed by atoms with Crippen molar-refractivity contribution in [3.63, 3.8) is 0 Å². The number of nitrogens with zero attached hydrogens (tertiary/aromatic N) is 3. The summed E-state index contributed by atoms with van der Waals surface area (Å²) < 4.78 is 17.5. The van der Waals surface area contributed by atoms with Crippen molar-refractivity contribution in [2.75, 3.05) is 39.4 Å². The molecule has 5 rings (SSSR count). The first-order valence-electron chi connectivity index (χ1n) is 12.4. The minimum atomic E-state index is -0.806. The van der Waals surface area contributed by atoms with E-state index in [1.54, 1.807) is 12.1 Å². The quantitative estimate of drug-likeness (QED) is 0.673. The summed E-state index contributed by atoms with van der Waals surface area (Å²) in [5, 5.41) is 19.4. The lowest BCUT2D eigenvalue weighted by molar-refractivity contribution is -0.136. The van der Waals surface area contributed by atoms with Crippen LogP contribution in [-0.2, 0) is 4.74 Å². The van der Waals surface area contributed by atoms with Crippen LogP contribution in [0.1, 0.15) is 42.9 Å². The summed E-state index contributed by atoms with van der Waals surface area (Å²) in [5.74, 6) is 2.11. The first kappa shape index (κ1) is 23.1. The normalized spacial score (nSPS) is 25.8. The molecule has 7 nitrogen and oxygen atoms in total. The Morgan fingerprint density at radius 2 is 1.85 bits per heavy atom. The molecule has 3 atom stereocenters. The summed E-state index contributed by atoms with van der Waals surface area (Å²) in [6.45, 7) is 4.91. The first-order valence-corrected chi connectivity index (χ1v) is 12.4. The van der Waals surface area contributed by atoms with E-state index in [0.29, 0.717) is 24.5 Å². The lowest BCUT2D eigenvalue weighted by atomic mass is 9.92. The van der Waals surface area contributed by atoms with Gasteiger partial charge in [0, 0.05) is 19.2 Å². The Balaban J connectivity index is 1.04. The van der Waals surface area contributed by atoms with Crippen molar-refractivity contribution in [3.05, 3.63) is 59.7 Å². The van der Waals surface area contributed by atoms with Crippen LogP contribution in [0.3, 0.4) is 0 Å². The number of likely N-dealkylation sites (tertiary alicyclic amines) is 1. The molecule has 7 heteroatoms. The monoisotopic (exact) mass is 463 g/mol. The topological polar surface area (TPSA) is 78.2 Å². The second-order valence-corrected chi connectivity index (χ2v) is 9.53. The lowest BCUT2D eigenvalue weighted by Crippen LogP contribution is -2.44. The SMILES string of the molecule is N#Cc1ccc2c(c1)OC(CN1CCC(CCCN3C(O)OCC3c3ccccc3)CC1)CO2. The van der Waals surface area contributed by atoms with Crippen molar-refractivity contribution < 1.29 is 19.3 Å². The third-order valence-electron chi connectivity index (χ3n) is 7.26. The molecule has 2 saturated heterocycles. The highest BCUT2D eigenvalue weighted by Crippen LogP contribution is 2.33. The molecule has 0 spiro atoms. The van der Waals surface area contributed by atoms with E-state index in [1.165, 1.54) is 24.8 Å². The third-order valence-corrected chi connectivity index (χ3v) is 7.26. The highest BCUT2D eigenvalue weighted by molar-refractivity contribution is 5.47. The third kappa shape index (κ3) is 5.37. The molecule has 2 aromatic rings. The van der Waals surface area contributed by atoms with E-state index >= 15 is 0 Å². The van der Waals surface area contributed by atoms with Gasteiger partial charge in [-0.2, -0.15) is 5.26 Å². The Kier molecular flexibility index (Phi) is 7.31. The van der Waals surface area contributed by atoms with E-state index in [-0.39, 0.29) is 12.1 Å². The molecule has 2 aromatic carbocycles. The van der Waals surface area contributed by atoms with Gasteiger partial charge >= 0.3 is 0 Å². The summed E-state index contributed by atoms with van der Waals surface area (Å²) in [5.41, 5.74) is 1.79. The Labute approximate surface area is 201 Å². The van der Waals surface area contributed by atoms with Crippen molar-refractivity contribution in [1.82, 2.24) is 9.80 Å². The van der Waals surface area contributed by atoms with Crippen LogP contribution < -0.4 is 9.47 Å². The zero-order valence-electron chi connectivity index (χ0n) is 19.5. The van der Waals surface area contributed by atoms with E-state index in [0.717, 1.165) is 44.3 Å². The zero-order chi connectivity index (χ0) is 23.3. The molecule has 0 radical (unpaired) electrons. The van der Waals surface area contributed by atoms with Crippen LogP contribution in [0.25, 0.3) is 0 Å². The number of ether oxygens (including phenoxy) is 3. The zero-order valence-corrected chi connectivity index (χ0v) is 19.5. The molecule has 1 N–H and O–H groups in total. The second kappa shape index (κ2) is 10.7. The van der Waals surface area contributed by atoms with Gasteiger partial charge in [0.15, 0.2) is 11.5 Å². The van der Waals surface area contributed by atoms with Crippen molar-refractivity contribution in [2.45, 2.75) is 44.2 Å². The van der Waals surface area contributed by atoms with Gasteiger partial charge in [-0.1, -0.05) is 30.3 Å². The average molecular weight is 464 g/mol. The van der Waals surface area contributed by atoms with Crippen LogP contribution in [0.4, 0.5) is 0 Å². The number of nitriles is 1. The molecule has 0 amide bonds. The van der Waals surface area contributed by atoms with Gasteiger partial charge in [-0.05, 0) is 62.4 Å². The molecule has 0 bridgehead atoms. The molecule has 0 saturated carbocycles. The maximum Gasteiger partial charge on any atom is 0.216 e. The summed E-state index contributed by atoms with van der Waals surface area (Å²) in [7, 11) is 0. The Morgan fingerprint density at radius 3 is 2.65 bits per heavy atom. The molecule has 3 unspecified atom stereocenters. The van der Waals surface area contributed by atoms with Gasteiger partial charge in [0.2, 0.25) is 6.41 Å². The molecule has 0 aliphatic carbocycles. The number of aliphatic hydroxyl groups excluding tert-OH is 1. The fraction of sp³-hybridized carbons (Fsp3) is 0.519. The van der Waals surface area contributed by atoms with Crippen molar-refractivity contribution in [2.24, 2.45) is 5.92 Å². The average Bonchev–Trinajstić information content (AvgIpc) is 3.25. The van der Waals surface area contributed by atoms with Gasteiger partial charge in [0.1, 0.15) is 12.7 Å². The number of hydrogen-bond acceptors (Lipinski definition) is 7. The summed E-state index contributed by atoms with van der Waals surface area (Å²) in [4.78, 5) is 4.55. The molecule has 34 heavy (non-hydrogen) atoms. The molecule has 3 heterocycles. The fourth-order valence-corrected chi connectivity index (χ4v) is 5.34. The van der Waals surface area contributed by atoms with Crippen LogP contribution in [0.15, 0.2) is 48.5 Å². The van der Waals surface area contributed by atoms with Crippen LogP contribution in [0.2, 0.25) is 0 Å². The predicted octanol–water partition coefficient (Wildman–Crippen LogP) is 3.54. The highest BCUT2D eigenvalue weighted by atomic mass is 16.6. The second-order valence-electron chi connectivity index (χ2n) is 9.53. The summed E-state index contributed by atoms with van der Waals surface area (Å²) in [6, 6.07) is 17.9. The summed E-state index contributed by atoms with van der Waals surface area (Å²) >= 11 is 0. The van der Waals surface area contributed by atoms with Gasteiger partial charge in [0.25, 0.3) is 0 Å². The van der Waals surface area contributed by atoms with Crippen LogP contribution >= 0.6 is 0 Å². The number of aliphatic hydroxyl groups is 1. The fourth-order valence-electron chi connectivity index (χ4n) is 5.34. The highest BCUT2D eigenvalue weighted by Gasteiger charge is 2.34. The van der Waals surface area contributed by atoms with Crippen LogP contribution in [0.5, 0.6) is 11.5 Å². The maximum atomic E-state index is 10.3. The number of rotatable bonds is 7. The standard InChI is InChI=1S/C27H33N3O4/c28-16-21-8-9-25-26(15-21)34-23(18-32-25)17-29-13-10-20(11-14-29)5-4-12-30-24(19-33-27(30)31)22-6-2-1-3-7-22/h1-3,6-9,15,20,23-24,27,31H,4-5,10-14,17-19H2. The van der Waals surface area contributed by atoms with Gasteiger partial charge in [-0.25, -0.2) is 4.90 Å². The minimum absolute atomic E-state index is 0.00966. The van der Waals surface area contributed by atoms with E-state index in [2.05, 4.69) is 28.0 Å². The van der Waals surface area contributed by atoms with Crippen molar-refractivity contribution in [1.29, 1.82) is 5.26 Å². The number of benzene rings is 2. The van der Waals surface area contributed by atoms with Crippen molar-refractivity contribution >= 4 is 0 Å². The van der Waals surface area contributed by atoms with Gasteiger partial charge in [-0.15, -0.1) is 0 Å². The number of hydrogen-bond donors (Lipinski definition) is 1. The smallest absolute Gasteiger partial charge is 0.216 e. The molecular weight excluding hydrogens is 430 g/mol. The predicted molar refractivity (Wildman–Crippen MR) is 127 cm³/mol. The molecular formula is C27H33N3O4. The first-order chi connectivity index (χ1) is 16.7. The molecule has 2 fully saturated rings. The van der Waals surface area contributed by atoms with E-state index in [9.17, 15) is 5.11 Å². The van der Waals surface area contributed by atoms with Crippen LogP contribution in [0, 0.1) is 17.2 Å². The van der Waals surface area contributed by atoms with Crippen molar-refractivity contribution in [3.8, 4) is 17.6 Å². The van der Waals surface area contributed by atoms with Gasteiger partial charge in [-0.3, -0.25) is 4.90 Å².